The fraction of sp³-hybridized carbons (Fsp3) is 0.867. The average Bonchev–Trinajstić information content (AvgIpc) is 2.89. The molecule has 0 radical (unpaired) electrons. The van der Waals surface area contributed by atoms with Crippen LogP contribution in [0.15, 0.2) is 12.2 Å². The first-order chi connectivity index (χ1) is 18.8. The zero-order chi connectivity index (χ0) is 29.0. The van der Waals surface area contributed by atoms with Gasteiger partial charge in [-0.1, -0.05) is 109 Å². The Hall–Kier alpha value is -1.21. The number of unbranched alkanes of at least 4 members (excludes halogenated alkanes) is 16. The second-order valence-corrected chi connectivity index (χ2v) is 11.7. The molecule has 1 atom stereocenters. The molecule has 0 amide bonds. The molecule has 0 aliphatic carbocycles. The molecular weight excluding hydrogens is 519 g/mol. The molecule has 0 rings (SSSR count). The first kappa shape index (κ1) is 37.8. The normalized spacial score (nSPS) is 12.6. The zero-order valence-electron chi connectivity index (χ0n) is 24.8. The first-order valence-corrected chi connectivity index (χ1v) is 17.0. The van der Waals surface area contributed by atoms with Crippen LogP contribution in [0, 0.1) is 0 Å². The van der Waals surface area contributed by atoms with Crippen LogP contribution in [-0.2, 0) is 28.2 Å². The number of carbonyl (C=O) groups excluding carboxylic acids is 2. The summed E-state index contributed by atoms with van der Waals surface area (Å²) in [5.41, 5.74) is 0. The molecule has 0 aromatic carbocycles. The maximum absolute atomic E-state index is 12.2. The summed E-state index contributed by atoms with van der Waals surface area (Å²) in [6, 6.07) is 0. The van der Waals surface area contributed by atoms with Gasteiger partial charge in [-0.05, 0) is 38.5 Å². The molecule has 0 aliphatic heterocycles. The van der Waals surface area contributed by atoms with Crippen molar-refractivity contribution < 1.29 is 37.9 Å². The Kier molecular flexibility index (Phi) is 26.1. The van der Waals surface area contributed by atoms with Gasteiger partial charge in [-0.25, -0.2) is 4.57 Å². The Morgan fingerprint density at radius 1 is 0.641 bits per heavy atom. The monoisotopic (exact) mass is 576 g/mol. The molecule has 0 unspecified atom stereocenters. The standard InChI is InChI=1S/C30H57O8P/c1-3-5-7-9-11-13-14-15-17-18-20-22-24-29(31)36-26-28(27-37-39(33,34)35)38-30(32)25-23-21-19-16-12-10-8-6-4-2/h11,13,28H,3-10,12,14-27H2,1-2H3,(H2,33,34,35)/b13-11-/t28-/m1/s1. The second-order valence-electron chi connectivity index (χ2n) is 10.4. The summed E-state index contributed by atoms with van der Waals surface area (Å²) in [6.45, 7) is 3.59. The number of phosphoric ester groups is 1. The Morgan fingerprint density at radius 3 is 1.62 bits per heavy atom. The molecule has 0 fully saturated rings. The van der Waals surface area contributed by atoms with Crippen LogP contribution in [0.4, 0.5) is 0 Å². The predicted octanol–water partition coefficient (Wildman–Crippen LogP) is 8.34. The lowest BCUT2D eigenvalue weighted by molar-refractivity contribution is -0.161. The molecule has 0 saturated heterocycles. The largest absolute Gasteiger partial charge is 0.469 e. The van der Waals surface area contributed by atoms with Crippen LogP contribution < -0.4 is 0 Å². The minimum Gasteiger partial charge on any atom is -0.462 e. The number of ether oxygens (including phenoxy) is 2. The van der Waals surface area contributed by atoms with E-state index in [9.17, 15) is 14.2 Å². The smallest absolute Gasteiger partial charge is 0.462 e. The lowest BCUT2D eigenvalue weighted by atomic mass is 10.1. The van der Waals surface area contributed by atoms with Gasteiger partial charge in [0.25, 0.3) is 0 Å². The third-order valence-electron chi connectivity index (χ3n) is 6.53. The van der Waals surface area contributed by atoms with E-state index in [0.29, 0.717) is 12.8 Å². The number of hydrogen-bond donors (Lipinski definition) is 2. The summed E-state index contributed by atoms with van der Waals surface area (Å²) < 4.78 is 26.1. The second kappa shape index (κ2) is 27.0. The minimum atomic E-state index is -4.73. The third kappa shape index (κ3) is 29.6. The van der Waals surface area contributed by atoms with Gasteiger partial charge >= 0.3 is 19.8 Å². The molecule has 0 heterocycles. The van der Waals surface area contributed by atoms with Gasteiger partial charge in [0.05, 0.1) is 6.61 Å². The topological polar surface area (TPSA) is 119 Å². The number of carbonyl (C=O) groups is 2. The summed E-state index contributed by atoms with van der Waals surface area (Å²) in [5, 5.41) is 0. The van der Waals surface area contributed by atoms with Crippen LogP contribution in [-0.4, -0.2) is 41.0 Å². The molecule has 39 heavy (non-hydrogen) atoms. The SMILES string of the molecule is CCCCC/C=C\CCCCCCCC(=O)OC[C@H](COP(=O)(O)O)OC(=O)CCCCCCCCCCC. The molecular formula is C30H57O8P. The molecule has 0 bridgehead atoms. The zero-order valence-corrected chi connectivity index (χ0v) is 25.7. The summed E-state index contributed by atoms with van der Waals surface area (Å²) in [6.07, 6.45) is 25.2. The van der Waals surface area contributed by atoms with Gasteiger partial charge in [-0.15, -0.1) is 0 Å². The third-order valence-corrected chi connectivity index (χ3v) is 7.02. The number of esters is 2. The highest BCUT2D eigenvalue weighted by molar-refractivity contribution is 7.46. The Bertz CT molecular complexity index is 661. The van der Waals surface area contributed by atoms with E-state index in [1.165, 1.54) is 57.8 Å². The molecule has 0 aliphatic rings. The molecule has 2 N–H and O–H groups in total. The van der Waals surface area contributed by atoms with Crippen molar-refractivity contribution in [2.75, 3.05) is 13.2 Å². The summed E-state index contributed by atoms with van der Waals surface area (Å²) in [5.74, 6) is -0.898. The van der Waals surface area contributed by atoms with Gasteiger partial charge in [0.2, 0.25) is 0 Å². The van der Waals surface area contributed by atoms with Crippen molar-refractivity contribution in [1.29, 1.82) is 0 Å². The fourth-order valence-corrected chi connectivity index (χ4v) is 4.55. The van der Waals surface area contributed by atoms with Crippen LogP contribution in [0.25, 0.3) is 0 Å². The van der Waals surface area contributed by atoms with E-state index >= 15 is 0 Å². The van der Waals surface area contributed by atoms with Crippen molar-refractivity contribution in [2.24, 2.45) is 0 Å². The predicted molar refractivity (Wildman–Crippen MR) is 156 cm³/mol. The van der Waals surface area contributed by atoms with Crippen molar-refractivity contribution in [3.63, 3.8) is 0 Å². The number of hydrogen-bond acceptors (Lipinski definition) is 6. The highest BCUT2D eigenvalue weighted by Crippen LogP contribution is 2.35. The molecule has 0 saturated carbocycles. The molecule has 9 heteroatoms. The Balaban J connectivity index is 4.05. The minimum absolute atomic E-state index is 0.213. The van der Waals surface area contributed by atoms with Crippen LogP contribution >= 0.6 is 7.82 Å². The molecule has 0 aromatic rings. The van der Waals surface area contributed by atoms with E-state index in [1.54, 1.807) is 0 Å². The molecule has 0 aromatic heterocycles. The Morgan fingerprint density at radius 2 is 1.08 bits per heavy atom. The highest BCUT2D eigenvalue weighted by Gasteiger charge is 2.22. The summed E-state index contributed by atoms with van der Waals surface area (Å²) in [4.78, 5) is 42.3. The Labute approximate surface area is 237 Å². The van der Waals surface area contributed by atoms with Gasteiger partial charge in [-0.2, -0.15) is 0 Å². The van der Waals surface area contributed by atoms with Crippen molar-refractivity contribution in [1.82, 2.24) is 0 Å². The van der Waals surface area contributed by atoms with E-state index in [-0.39, 0.29) is 19.4 Å². The summed E-state index contributed by atoms with van der Waals surface area (Å²) in [7, 11) is -4.73. The lowest BCUT2D eigenvalue weighted by Gasteiger charge is -2.18. The first-order valence-electron chi connectivity index (χ1n) is 15.5. The van der Waals surface area contributed by atoms with Crippen molar-refractivity contribution in [3.05, 3.63) is 12.2 Å². The summed E-state index contributed by atoms with van der Waals surface area (Å²) >= 11 is 0. The number of phosphoric acid groups is 1. The van der Waals surface area contributed by atoms with Crippen LogP contribution in [0.1, 0.15) is 149 Å². The van der Waals surface area contributed by atoms with Gasteiger partial charge in [0, 0.05) is 12.8 Å². The maximum Gasteiger partial charge on any atom is 0.469 e. The van der Waals surface area contributed by atoms with Crippen LogP contribution in [0.5, 0.6) is 0 Å². The van der Waals surface area contributed by atoms with E-state index in [2.05, 4.69) is 30.5 Å². The van der Waals surface area contributed by atoms with Crippen molar-refractivity contribution in [2.45, 2.75) is 155 Å². The van der Waals surface area contributed by atoms with Crippen molar-refractivity contribution >= 4 is 19.8 Å². The van der Waals surface area contributed by atoms with Gasteiger partial charge in [0.15, 0.2) is 6.10 Å². The molecule has 0 spiro atoms. The van der Waals surface area contributed by atoms with E-state index < -0.39 is 32.5 Å². The molecule has 230 valence electrons. The van der Waals surface area contributed by atoms with Crippen LogP contribution in [0.2, 0.25) is 0 Å². The highest BCUT2D eigenvalue weighted by atomic mass is 31.2. The fourth-order valence-electron chi connectivity index (χ4n) is 4.19. The average molecular weight is 577 g/mol. The maximum atomic E-state index is 12.2. The van der Waals surface area contributed by atoms with Gasteiger partial charge < -0.3 is 19.3 Å². The quantitative estimate of drug-likeness (QED) is 0.0413. The van der Waals surface area contributed by atoms with Crippen molar-refractivity contribution in [3.8, 4) is 0 Å². The lowest BCUT2D eigenvalue weighted by Crippen LogP contribution is -2.29. The number of allylic oxidation sites excluding steroid dienone is 2. The van der Waals surface area contributed by atoms with E-state index in [1.807, 2.05) is 0 Å². The van der Waals surface area contributed by atoms with E-state index in [4.69, 9.17) is 19.3 Å². The van der Waals surface area contributed by atoms with Gasteiger partial charge in [-0.3, -0.25) is 14.1 Å². The van der Waals surface area contributed by atoms with E-state index in [0.717, 1.165) is 51.4 Å². The van der Waals surface area contributed by atoms with Crippen LogP contribution in [0.3, 0.4) is 0 Å². The molecule has 8 nitrogen and oxygen atoms in total. The number of rotatable bonds is 28. The van der Waals surface area contributed by atoms with Gasteiger partial charge in [0.1, 0.15) is 6.61 Å².